The van der Waals surface area contributed by atoms with Crippen LogP contribution in [0, 0.1) is 6.92 Å². The monoisotopic (exact) mass is 299 g/mol. The lowest BCUT2D eigenvalue weighted by atomic mass is 10.2. The highest BCUT2D eigenvalue weighted by Gasteiger charge is 2.12. The predicted molar refractivity (Wildman–Crippen MR) is 84.0 cm³/mol. The standard InChI is InChI=1S/C16H17N3OS/c1-11-8-18-16(20-11)12(2)17-9-15-19-14(10-21-15)13-6-4-3-5-7-13/h3-8,10,12,17H,9H2,1-2H3. The largest absolute Gasteiger partial charge is 0.444 e. The van der Waals surface area contributed by atoms with E-state index < -0.39 is 0 Å². The minimum atomic E-state index is 0.0720. The summed E-state index contributed by atoms with van der Waals surface area (Å²) in [6.07, 6.45) is 1.74. The maximum atomic E-state index is 5.52. The van der Waals surface area contributed by atoms with Crippen molar-refractivity contribution >= 4 is 11.3 Å². The van der Waals surface area contributed by atoms with Crippen LogP contribution in [0.4, 0.5) is 0 Å². The van der Waals surface area contributed by atoms with E-state index in [1.54, 1.807) is 17.5 Å². The van der Waals surface area contributed by atoms with Gasteiger partial charge in [0.25, 0.3) is 0 Å². The van der Waals surface area contributed by atoms with E-state index in [4.69, 9.17) is 4.42 Å². The minimum Gasteiger partial charge on any atom is -0.444 e. The Bertz CT molecular complexity index is 705. The van der Waals surface area contributed by atoms with E-state index in [2.05, 4.69) is 32.8 Å². The van der Waals surface area contributed by atoms with Crippen molar-refractivity contribution in [1.82, 2.24) is 15.3 Å². The fourth-order valence-electron chi connectivity index (χ4n) is 2.03. The molecule has 0 aliphatic rings. The van der Waals surface area contributed by atoms with Gasteiger partial charge in [-0.1, -0.05) is 30.3 Å². The van der Waals surface area contributed by atoms with Gasteiger partial charge in [0.15, 0.2) is 0 Å². The van der Waals surface area contributed by atoms with Crippen LogP contribution < -0.4 is 5.32 Å². The molecule has 3 rings (SSSR count). The first-order valence-corrected chi connectivity index (χ1v) is 7.76. The summed E-state index contributed by atoms with van der Waals surface area (Å²) in [5.74, 6) is 1.55. The fourth-order valence-corrected chi connectivity index (χ4v) is 2.79. The maximum absolute atomic E-state index is 5.52. The van der Waals surface area contributed by atoms with Crippen LogP contribution in [0.1, 0.15) is 29.6 Å². The third-order valence-corrected chi connectivity index (χ3v) is 4.04. The first-order chi connectivity index (χ1) is 10.2. The number of benzene rings is 1. The van der Waals surface area contributed by atoms with Gasteiger partial charge in [-0.3, -0.25) is 5.32 Å². The van der Waals surface area contributed by atoms with Gasteiger partial charge in [0, 0.05) is 17.5 Å². The normalized spacial score (nSPS) is 12.5. The fraction of sp³-hybridized carbons (Fsp3) is 0.250. The number of thiazole rings is 1. The van der Waals surface area contributed by atoms with Crippen molar-refractivity contribution in [3.63, 3.8) is 0 Å². The Kier molecular flexibility index (Phi) is 4.13. The van der Waals surface area contributed by atoms with E-state index in [1.165, 1.54) is 0 Å². The van der Waals surface area contributed by atoms with Gasteiger partial charge in [-0.05, 0) is 13.8 Å². The van der Waals surface area contributed by atoms with Gasteiger partial charge in [0.2, 0.25) is 5.89 Å². The molecule has 0 saturated carbocycles. The molecule has 0 amide bonds. The van der Waals surface area contributed by atoms with Crippen LogP contribution in [-0.4, -0.2) is 9.97 Å². The minimum absolute atomic E-state index is 0.0720. The summed E-state index contributed by atoms with van der Waals surface area (Å²) in [5.41, 5.74) is 2.17. The van der Waals surface area contributed by atoms with E-state index in [0.29, 0.717) is 12.4 Å². The molecular formula is C16H17N3OS. The van der Waals surface area contributed by atoms with Crippen molar-refractivity contribution in [1.29, 1.82) is 0 Å². The highest BCUT2D eigenvalue weighted by atomic mass is 32.1. The predicted octanol–water partition coefficient (Wildman–Crippen LogP) is 3.96. The first-order valence-electron chi connectivity index (χ1n) is 6.88. The molecule has 0 radical (unpaired) electrons. The van der Waals surface area contributed by atoms with Crippen LogP contribution in [-0.2, 0) is 6.54 Å². The second kappa shape index (κ2) is 6.20. The van der Waals surface area contributed by atoms with E-state index >= 15 is 0 Å². The highest BCUT2D eigenvalue weighted by Crippen LogP contribution is 2.22. The molecule has 0 spiro atoms. The van der Waals surface area contributed by atoms with Crippen molar-refractivity contribution < 1.29 is 4.42 Å². The van der Waals surface area contributed by atoms with Crippen LogP contribution in [0.5, 0.6) is 0 Å². The molecule has 3 aromatic rings. The number of oxazole rings is 1. The average Bonchev–Trinajstić information content (AvgIpc) is 3.15. The maximum Gasteiger partial charge on any atom is 0.211 e. The molecule has 21 heavy (non-hydrogen) atoms. The number of hydrogen-bond acceptors (Lipinski definition) is 5. The molecule has 0 fully saturated rings. The summed E-state index contributed by atoms with van der Waals surface area (Å²) in [6, 6.07) is 10.3. The van der Waals surface area contributed by atoms with Crippen molar-refractivity contribution in [3.05, 3.63) is 58.6 Å². The summed E-state index contributed by atoms with van der Waals surface area (Å²) in [4.78, 5) is 8.89. The molecule has 1 aromatic carbocycles. The van der Waals surface area contributed by atoms with Crippen LogP contribution in [0.3, 0.4) is 0 Å². The van der Waals surface area contributed by atoms with Crippen molar-refractivity contribution in [3.8, 4) is 11.3 Å². The number of hydrogen-bond donors (Lipinski definition) is 1. The third-order valence-electron chi connectivity index (χ3n) is 3.19. The lowest BCUT2D eigenvalue weighted by molar-refractivity contribution is 0.402. The Morgan fingerprint density at radius 2 is 2.10 bits per heavy atom. The number of rotatable bonds is 5. The van der Waals surface area contributed by atoms with Crippen LogP contribution in [0.25, 0.3) is 11.3 Å². The molecule has 1 unspecified atom stereocenters. The third kappa shape index (κ3) is 3.37. The van der Waals surface area contributed by atoms with Gasteiger partial charge in [-0.25, -0.2) is 9.97 Å². The molecule has 5 heteroatoms. The van der Waals surface area contributed by atoms with Crippen molar-refractivity contribution in [2.75, 3.05) is 0 Å². The Balaban J connectivity index is 1.63. The lowest BCUT2D eigenvalue weighted by Crippen LogP contribution is -2.18. The molecule has 0 aliphatic carbocycles. The van der Waals surface area contributed by atoms with Gasteiger partial charge < -0.3 is 4.42 Å². The topological polar surface area (TPSA) is 51.0 Å². The second-order valence-electron chi connectivity index (χ2n) is 4.90. The molecule has 1 atom stereocenters. The smallest absolute Gasteiger partial charge is 0.211 e. The Labute approximate surface area is 127 Å². The first kappa shape index (κ1) is 14.0. The summed E-state index contributed by atoms with van der Waals surface area (Å²) in [6.45, 7) is 4.65. The zero-order chi connectivity index (χ0) is 14.7. The average molecular weight is 299 g/mol. The van der Waals surface area contributed by atoms with Gasteiger partial charge in [-0.2, -0.15) is 0 Å². The Morgan fingerprint density at radius 3 is 2.81 bits per heavy atom. The summed E-state index contributed by atoms with van der Waals surface area (Å²) >= 11 is 1.66. The summed E-state index contributed by atoms with van der Waals surface area (Å²) in [5, 5.41) is 6.53. The quantitative estimate of drug-likeness (QED) is 0.775. The summed E-state index contributed by atoms with van der Waals surface area (Å²) < 4.78 is 5.52. The summed E-state index contributed by atoms with van der Waals surface area (Å²) in [7, 11) is 0. The molecule has 0 bridgehead atoms. The molecule has 0 saturated heterocycles. The van der Waals surface area contributed by atoms with E-state index in [0.717, 1.165) is 22.0 Å². The van der Waals surface area contributed by atoms with Crippen LogP contribution in [0.2, 0.25) is 0 Å². The van der Waals surface area contributed by atoms with Crippen LogP contribution >= 0.6 is 11.3 Å². The van der Waals surface area contributed by atoms with Gasteiger partial charge in [-0.15, -0.1) is 11.3 Å². The number of aryl methyl sites for hydroxylation is 1. The van der Waals surface area contributed by atoms with E-state index in [-0.39, 0.29) is 6.04 Å². The molecule has 4 nitrogen and oxygen atoms in total. The molecule has 2 heterocycles. The molecule has 1 N–H and O–H groups in total. The van der Waals surface area contributed by atoms with Gasteiger partial charge >= 0.3 is 0 Å². The SMILES string of the molecule is Cc1cnc(C(C)NCc2nc(-c3ccccc3)cs2)o1. The highest BCUT2D eigenvalue weighted by molar-refractivity contribution is 7.09. The molecule has 108 valence electrons. The lowest BCUT2D eigenvalue weighted by Gasteiger charge is -2.08. The molecule has 2 aromatic heterocycles. The molecular weight excluding hydrogens is 282 g/mol. The Hall–Kier alpha value is -1.98. The zero-order valence-corrected chi connectivity index (χ0v) is 12.9. The number of nitrogens with zero attached hydrogens (tertiary/aromatic N) is 2. The van der Waals surface area contributed by atoms with Gasteiger partial charge in [0.05, 0.1) is 17.9 Å². The number of aromatic nitrogens is 2. The zero-order valence-electron chi connectivity index (χ0n) is 12.0. The van der Waals surface area contributed by atoms with E-state index in [1.807, 2.05) is 32.0 Å². The van der Waals surface area contributed by atoms with Gasteiger partial charge in [0.1, 0.15) is 10.8 Å². The van der Waals surface area contributed by atoms with Crippen molar-refractivity contribution in [2.24, 2.45) is 0 Å². The Morgan fingerprint density at radius 1 is 1.29 bits per heavy atom. The van der Waals surface area contributed by atoms with E-state index in [9.17, 15) is 0 Å². The van der Waals surface area contributed by atoms with Crippen LogP contribution in [0.15, 0.2) is 46.3 Å². The molecule has 0 aliphatic heterocycles. The number of nitrogens with one attached hydrogen (secondary N) is 1. The van der Waals surface area contributed by atoms with Crippen molar-refractivity contribution in [2.45, 2.75) is 26.4 Å². The second-order valence-corrected chi connectivity index (χ2v) is 5.85.